The molecule has 0 fully saturated rings. The molecular weight excluding hydrogens is 238 g/mol. The Balaban J connectivity index is 3.03. The van der Waals surface area contributed by atoms with Crippen LogP contribution in [-0.4, -0.2) is 32.1 Å². The van der Waals surface area contributed by atoms with Crippen molar-refractivity contribution in [3.63, 3.8) is 0 Å². The number of methoxy groups -OCH3 is 1. The lowest BCUT2D eigenvalue weighted by Gasteiger charge is -2.28. The van der Waals surface area contributed by atoms with Gasteiger partial charge in [-0.25, -0.2) is 0 Å². The average molecular weight is 263 g/mol. The van der Waals surface area contributed by atoms with Crippen LogP contribution in [0.1, 0.15) is 41.1 Å². The molecule has 0 aliphatic rings. The Morgan fingerprint density at radius 2 is 1.74 bits per heavy atom. The molecule has 0 radical (unpaired) electrons. The minimum atomic E-state index is -0.144. The van der Waals surface area contributed by atoms with Crippen molar-refractivity contribution in [3.05, 3.63) is 34.4 Å². The van der Waals surface area contributed by atoms with Crippen molar-refractivity contribution in [3.8, 4) is 0 Å². The SMILES string of the molecule is COC(=O)CCC(c1c(C)cc(C)cc1C)N(C)C. The predicted molar refractivity (Wildman–Crippen MR) is 78.3 cm³/mol. The number of hydrogen-bond donors (Lipinski definition) is 0. The summed E-state index contributed by atoms with van der Waals surface area (Å²) in [5.74, 6) is -0.144. The molecule has 1 rings (SSSR count). The molecule has 0 saturated carbocycles. The number of carbonyl (C=O) groups excluding carboxylic acids is 1. The molecule has 0 amide bonds. The summed E-state index contributed by atoms with van der Waals surface area (Å²) in [4.78, 5) is 13.5. The summed E-state index contributed by atoms with van der Waals surface area (Å²) < 4.78 is 4.74. The van der Waals surface area contributed by atoms with Crippen LogP contribution >= 0.6 is 0 Å². The number of esters is 1. The van der Waals surface area contributed by atoms with Gasteiger partial charge in [0.05, 0.1) is 7.11 Å². The molecule has 0 spiro atoms. The highest BCUT2D eigenvalue weighted by Gasteiger charge is 2.20. The highest BCUT2D eigenvalue weighted by atomic mass is 16.5. The Labute approximate surface area is 116 Å². The first kappa shape index (κ1) is 15.7. The first-order valence-corrected chi connectivity index (χ1v) is 6.67. The van der Waals surface area contributed by atoms with Gasteiger partial charge in [-0.3, -0.25) is 4.79 Å². The smallest absolute Gasteiger partial charge is 0.305 e. The van der Waals surface area contributed by atoms with Gasteiger partial charge in [0, 0.05) is 12.5 Å². The molecule has 1 unspecified atom stereocenters. The fourth-order valence-corrected chi connectivity index (χ4v) is 2.73. The number of ether oxygens (including phenoxy) is 1. The standard InChI is InChI=1S/C16H25NO2/c1-11-9-12(2)16(13(3)10-11)14(17(4)5)7-8-15(18)19-6/h9-10,14H,7-8H2,1-6H3. The van der Waals surface area contributed by atoms with E-state index in [-0.39, 0.29) is 12.0 Å². The molecule has 0 bridgehead atoms. The Kier molecular flexibility index (Phi) is 5.55. The maximum Gasteiger partial charge on any atom is 0.305 e. The summed E-state index contributed by atoms with van der Waals surface area (Å²) in [7, 11) is 5.55. The molecule has 3 heteroatoms. The number of benzene rings is 1. The summed E-state index contributed by atoms with van der Waals surface area (Å²) in [6.07, 6.45) is 1.23. The van der Waals surface area contributed by atoms with Crippen molar-refractivity contribution in [1.82, 2.24) is 4.90 Å². The van der Waals surface area contributed by atoms with Gasteiger partial charge in [0.15, 0.2) is 0 Å². The number of rotatable bonds is 5. The van der Waals surface area contributed by atoms with Crippen LogP contribution in [0.3, 0.4) is 0 Å². The average Bonchev–Trinajstić information content (AvgIpc) is 2.31. The van der Waals surface area contributed by atoms with E-state index in [1.165, 1.54) is 29.4 Å². The molecular formula is C16H25NO2. The Bertz CT molecular complexity index is 429. The molecule has 19 heavy (non-hydrogen) atoms. The van der Waals surface area contributed by atoms with Crippen molar-refractivity contribution in [2.45, 2.75) is 39.7 Å². The van der Waals surface area contributed by atoms with Crippen LogP contribution in [0, 0.1) is 20.8 Å². The van der Waals surface area contributed by atoms with E-state index in [0.29, 0.717) is 6.42 Å². The lowest BCUT2D eigenvalue weighted by atomic mass is 9.91. The quantitative estimate of drug-likeness (QED) is 0.764. The van der Waals surface area contributed by atoms with Gasteiger partial charge in [0.1, 0.15) is 0 Å². The lowest BCUT2D eigenvalue weighted by Crippen LogP contribution is -2.23. The molecule has 3 nitrogen and oxygen atoms in total. The Morgan fingerprint density at radius 3 is 2.16 bits per heavy atom. The van der Waals surface area contributed by atoms with E-state index in [4.69, 9.17) is 4.74 Å². The highest BCUT2D eigenvalue weighted by Crippen LogP contribution is 2.30. The summed E-state index contributed by atoms with van der Waals surface area (Å²) in [6, 6.07) is 4.66. The van der Waals surface area contributed by atoms with E-state index >= 15 is 0 Å². The van der Waals surface area contributed by atoms with Crippen LogP contribution in [0.25, 0.3) is 0 Å². The van der Waals surface area contributed by atoms with Crippen LogP contribution < -0.4 is 0 Å². The van der Waals surface area contributed by atoms with Gasteiger partial charge >= 0.3 is 5.97 Å². The van der Waals surface area contributed by atoms with Gasteiger partial charge in [-0.2, -0.15) is 0 Å². The van der Waals surface area contributed by atoms with E-state index in [1.807, 2.05) is 0 Å². The zero-order valence-electron chi connectivity index (χ0n) is 12.9. The van der Waals surface area contributed by atoms with Crippen LogP contribution in [-0.2, 0) is 9.53 Å². The molecule has 1 atom stereocenters. The highest BCUT2D eigenvalue weighted by molar-refractivity contribution is 5.69. The maximum atomic E-state index is 11.4. The largest absolute Gasteiger partial charge is 0.469 e. The van der Waals surface area contributed by atoms with E-state index in [1.54, 1.807) is 0 Å². The Morgan fingerprint density at radius 1 is 1.21 bits per heavy atom. The molecule has 1 aromatic carbocycles. The van der Waals surface area contributed by atoms with Crippen molar-refractivity contribution in [2.24, 2.45) is 0 Å². The third kappa shape index (κ3) is 4.06. The molecule has 0 heterocycles. The molecule has 1 aromatic rings. The monoisotopic (exact) mass is 263 g/mol. The zero-order chi connectivity index (χ0) is 14.6. The maximum absolute atomic E-state index is 11.4. The number of aryl methyl sites for hydroxylation is 3. The second kappa shape index (κ2) is 6.71. The first-order chi connectivity index (χ1) is 8.86. The van der Waals surface area contributed by atoms with Crippen molar-refractivity contribution < 1.29 is 9.53 Å². The van der Waals surface area contributed by atoms with Crippen LogP contribution in [0.5, 0.6) is 0 Å². The van der Waals surface area contributed by atoms with Crippen molar-refractivity contribution in [2.75, 3.05) is 21.2 Å². The van der Waals surface area contributed by atoms with Crippen LogP contribution in [0.2, 0.25) is 0 Å². The van der Waals surface area contributed by atoms with E-state index < -0.39 is 0 Å². The fourth-order valence-electron chi connectivity index (χ4n) is 2.73. The van der Waals surface area contributed by atoms with Crippen molar-refractivity contribution in [1.29, 1.82) is 0 Å². The zero-order valence-corrected chi connectivity index (χ0v) is 12.9. The van der Waals surface area contributed by atoms with E-state index in [0.717, 1.165) is 6.42 Å². The van der Waals surface area contributed by atoms with Gasteiger partial charge < -0.3 is 9.64 Å². The molecule has 0 aliphatic carbocycles. The summed E-state index contributed by atoms with van der Waals surface area (Å²) in [6.45, 7) is 6.40. The summed E-state index contributed by atoms with van der Waals surface area (Å²) >= 11 is 0. The van der Waals surface area contributed by atoms with Gasteiger partial charge in [-0.15, -0.1) is 0 Å². The molecule has 0 saturated heterocycles. The van der Waals surface area contributed by atoms with Gasteiger partial charge in [-0.1, -0.05) is 17.7 Å². The van der Waals surface area contributed by atoms with Crippen LogP contribution in [0.4, 0.5) is 0 Å². The molecule has 0 aliphatic heterocycles. The topological polar surface area (TPSA) is 29.5 Å². The summed E-state index contributed by atoms with van der Waals surface area (Å²) in [5.41, 5.74) is 5.20. The number of nitrogens with zero attached hydrogens (tertiary/aromatic N) is 1. The Hall–Kier alpha value is -1.35. The molecule has 0 N–H and O–H groups in total. The van der Waals surface area contributed by atoms with E-state index in [9.17, 15) is 4.79 Å². The third-order valence-electron chi connectivity index (χ3n) is 3.54. The normalized spacial score (nSPS) is 12.6. The fraction of sp³-hybridized carbons (Fsp3) is 0.562. The van der Waals surface area contributed by atoms with Gasteiger partial charge in [0.2, 0.25) is 0 Å². The first-order valence-electron chi connectivity index (χ1n) is 6.67. The van der Waals surface area contributed by atoms with Gasteiger partial charge in [-0.05, 0) is 58.0 Å². The lowest BCUT2D eigenvalue weighted by molar-refractivity contribution is -0.141. The third-order valence-corrected chi connectivity index (χ3v) is 3.54. The molecule has 106 valence electrons. The predicted octanol–water partition coefficient (Wildman–Crippen LogP) is 3.17. The second-order valence-corrected chi connectivity index (χ2v) is 5.41. The summed E-state index contributed by atoms with van der Waals surface area (Å²) in [5, 5.41) is 0. The molecule has 0 aromatic heterocycles. The van der Waals surface area contributed by atoms with Crippen LogP contribution in [0.15, 0.2) is 12.1 Å². The van der Waals surface area contributed by atoms with E-state index in [2.05, 4.69) is 51.9 Å². The minimum absolute atomic E-state index is 0.144. The number of carbonyl (C=O) groups is 1. The number of hydrogen-bond acceptors (Lipinski definition) is 3. The van der Waals surface area contributed by atoms with Gasteiger partial charge in [0.25, 0.3) is 0 Å². The minimum Gasteiger partial charge on any atom is -0.469 e. The second-order valence-electron chi connectivity index (χ2n) is 5.41. The van der Waals surface area contributed by atoms with Crippen molar-refractivity contribution >= 4 is 5.97 Å².